The summed E-state index contributed by atoms with van der Waals surface area (Å²) < 4.78 is 37.4. The number of nitrogens with zero attached hydrogens (tertiary/aromatic N) is 1. The molecule has 1 aromatic rings. The van der Waals surface area contributed by atoms with Gasteiger partial charge in [0.05, 0.1) is 5.56 Å². The first-order valence-corrected chi connectivity index (χ1v) is 7.20. The fourth-order valence-electron chi connectivity index (χ4n) is 2.47. The molecule has 1 unspecified atom stereocenters. The smallest absolute Gasteiger partial charge is 0.311 e. The molecule has 21 heavy (non-hydrogen) atoms. The number of benzene rings is 1. The van der Waals surface area contributed by atoms with Gasteiger partial charge in [-0.3, -0.25) is 4.90 Å². The molecule has 0 saturated carbocycles. The summed E-state index contributed by atoms with van der Waals surface area (Å²) in [7, 11) is 0. The molecule has 0 bridgehead atoms. The SMILES string of the molecule is Cl.FC(F)(F)c1ccc(CC2CN(CCCl)CCN2)cc1. The maximum Gasteiger partial charge on any atom is 0.416 e. The van der Waals surface area contributed by atoms with Crippen molar-refractivity contribution in [2.45, 2.75) is 18.6 Å². The number of piperazine rings is 1. The molecular formula is C14H19Cl2F3N2. The minimum Gasteiger partial charge on any atom is -0.311 e. The Kier molecular flexibility index (Phi) is 7.27. The van der Waals surface area contributed by atoms with Crippen molar-refractivity contribution in [2.24, 2.45) is 0 Å². The zero-order chi connectivity index (χ0) is 14.6. The van der Waals surface area contributed by atoms with Crippen molar-refractivity contribution in [3.63, 3.8) is 0 Å². The Labute approximate surface area is 134 Å². The molecule has 1 atom stereocenters. The highest BCUT2D eigenvalue weighted by molar-refractivity contribution is 6.18. The zero-order valence-corrected chi connectivity index (χ0v) is 13.1. The molecule has 0 aromatic heterocycles. The summed E-state index contributed by atoms with van der Waals surface area (Å²) in [6, 6.07) is 5.68. The van der Waals surface area contributed by atoms with Gasteiger partial charge in [0, 0.05) is 38.1 Å². The molecule has 1 saturated heterocycles. The molecule has 7 heteroatoms. The lowest BCUT2D eigenvalue weighted by Gasteiger charge is -2.33. The Balaban J connectivity index is 0.00000220. The van der Waals surface area contributed by atoms with Gasteiger partial charge in [-0.2, -0.15) is 13.2 Å². The second kappa shape index (κ2) is 8.22. The first-order valence-electron chi connectivity index (χ1n) is 6.67. The third-order valence-corrected chi connectivity index (χ3v) is 3.67. The second-order valence-electron chi connectivity index (χ2n) is 5.04. The molecule has 0 aliphatic carbocycles. The van der Waals surface area contributed by atoms with Gasteiger partial charge in [-0.05, 0) is 24.1 Å². The van der Waals surface area contributed by atoms with E-state index < -0.39 is 11.7 Å². The van der Waals surface area contributed by atoms with Crippen LogP contribution in [-0.4, -0.2) is 43.0 Å². The van der Waals surface area contributed by atoms with Gasteiger partial charge in [-0.1, -0.05) is 12.1 Å². The number of alkyl halides is 4. The van der Waals surface area contributed by atoms with Crippen molar-refractivity contribution < 1.29 is 13.2 Å². The molecule has 1 aromatic carbocycles. The third-order valence-electron chi connectivity index (χ3n) is 3.50. The number of halogens is 5. The fourth-order valence-corrected chi connectivity index (χ4v) is 2.71. The summed E-state index contributed by atoms with van der Waals surface area (Å²) >= 11 is 5.73. The Morgan fingerprint density at radius 3 is 2.48 bits per heavy atom. The van der Waals surface area contributed by atoms with E-state index >= 15 is 0 Å². The van der Waals surface area contributed by atoms with Crippen LogP contribution in [0.15, 0.2) is 24.3 Å². The predicted molar refractivity (Wildman–Crippen MR) is 81.3 cm³/mol. The van der Waals surface area contributed by atoms with Gasteiger partial charge >= 0.3 is 6.18 Å². The average molecular weight is 343 g/mol. The van der Waals surface area contributed by atoms with Crippen molar-refractivity contribution >= 4 is 24.0 Å². The number of rotatable bonds is 4. The minimum atomic E-state index is -4.27. The van der Waals surface area contributed by atoms with E-state index in [-0.39, 0.29) is 18.4 Å². The maximum absolute atomic E-state index is 12.5. The highest BCUT2D eigenvalue weighted by atomic mass is 35.5. The van der Waals surface area contributed by atoms with Crippen LogP contribution in [0, 0.1) is 0 Å². The standard InChI is InChI=1S/C14H18ClF3N2.ClH/c15-5-7-20-8-6-19-13(10-20)9-11-1-3-12(4-2-11)14(16,17)18;/h1-4,13,19H,5-10H2;1H. The number of hydrogen-bond donors (Lipinski definition) is 1. The van der Waals surface area contributed by atoms with Crippen molar-refractivity contribution in [1.29, 1.82) is 0 Å². The van der Waals surface area contributed by atoms with Crippen LogP contribution in [0.5, 0.6) is 0 Å². The van der Waals surface area contributed by atoms with Crippen molar-refractivity contribution in [1.82, 2.24) is 10.2 Å². The lowest BCUT2D eigenvalue weighted by molar-refractivity contribution is -0.137. The summed E-state index contributed by atoms with van der Waals surface area (Å²) in [4.78, 5) is 2.28. The van der Waals surface area contributed by atoms with E-state index in [1.54, 1.807) is 12.1 Å². The molecule has 0 radical (unpaired) electrons. The lowest BCUT2D eigenvalue weighted by atomic mass is 10.0. The van der Waals surface area contributed by atoms with Crippen LogP contribution in [0.1, 0.15) is 11.1 Å². The van der Waals surface area contributed by atoms with E-state index in [1.165, 1.54) is 0 Å². The highest BCUT2D eigenvalue weighted by Crippen LogP contribution is 2.29. The maximum atomic E-state index is 12.5. The molecule has 2 rings (SSSR count). The molecule has 1 aliphatic heterocycles. The van der Waals surface area contributed by atoms with E-state index in [2.05, 4.69) is 10.2 Å². The van der Waals surface area contributed by atoms with Crippen LogP contribution in [0.25, 0.3) is 0 Å². The largest absolute Gasteiger partial charge is 0.416 e. The molecule has 1 heterocycles. The van der Waals surface area contributed by atoms with Crippen LogP contribution < -0.4 is 5.32 Å². The van der Waals surface area contributed by atoms with Crippen LogP contribution in [0.3, 0.4) is 0 Å². The molecule has 1 N–H and O–H groups in total. The first kappa shape index (κ1) is 18.6. The average Bonchev–Trinajstić information content (AvgIpc) is 2.39. The van der Waals surface area contributed by atoms with E-state index in [1.807, 2.05) is 0 Å². The minimum absolute atomic E-state index is 0. The topological polar surface area (TPSA) is 15.3 Å². The van der Waals surface area contributed by atoms with E-state index in [9.17, 15) is 13.2 Å². The summed E-state index contributed by atoms with van der Waals surface area (Å²) in [5.41, 5.74) is 0.324. The van der Waals surface area contributed by atoms with E-state index in [4.69, 9.17) is 11.6 Å². The zero-order valence-electron chi connectivity index (χ0n) is 11.5. The van der Waals surface area contributed by atoms with Gasteiger partial charge in [0.15, 0.2) is 0 Å². The first-order chi connectivity index (χ1) is 9.49. The quantitative estimate of drug-likeness (QED) is 0.845. The van der Waals surface area contributed by atoms with Gasteiger partial charge in [-0.15, -0.1) is 24.0 Å². The Morgan fingerprint density at radius 1 is 1.24 bits per heavy atom. The van der Waals surface area contributed by atoms with Crippen molar-refractivity contribution in [3.05, 3.63) is 35.4 Å². The lowest BCUT2D eigenvalue weighted by Crippen LogP contribution is -2.51. The Morgan fingerprint density at radius 2 is 1.90 bits per heavy atom. The van der Waals surface area contributed by atoms with E-state index in [0.29, 0.717) is 5.88 Å². The van der Waals surface area contributed by atoms with Crippen LogP contribution in [-0.2, 0) is 12.6 Å². The normalized spacial score (nSPS) is 20.1. The van der Waals surface area contributed by atoms with Crippen molar-refractivity contribution in [2.75, 3.05) is 32.1 Å². The van der Waals surface area contributed by atoms with Gasteiger partial charge in [0.1, 0.15) is 0 Å². The van der Waals surface area contributed by atoms with Crippen molar-refractivity contribution in [3.8, 4) is 0 Å². The number of nitrogens with one attached hydrogen (secondary N) is 1. The molecular weight excluding hydrogens is 324 g/mol. The second-order valence-corrected chi connectivity index (χ2v) is 5.42. The summed E-state index contributed by atoms with van der Waals surface area (Å²) in [5, 5.41) is 3.39. The molecule has 2 nitrogen and oxygen atoms in total. The van der Waals surface area contributed by atoms with Crippen LogP contribution >= 0.6 is 24.0 Å². The summed E-state index contributed by atoms with van der Waals surface area (Å²) in [6.45, 7) is 3.60. The molecule has 1 fully saturated rings. The number of hydrogen-bond acceptors (Lipinski definition) is 2. The fraction of sp³-hybridized carbons (Fsp3) is 0.571. The Bertz CT molecular complexity index is 421. The highest BCUT2D eigenvalue weighted by Gasteiger charge is 2.30. The summed E-state index contributed by atoms with van der Waals surface area (Å²) in [5.74, 6) is 0.604. The molecule has 1 aliphatic rings. The van der Waals surface area contributed by atoms with Crippen LogP contribution in [0.2, 0.25) is 0 Å². The molecule has 120 valence electrons. The molecule has 0 spiro atoms. The predicted octanol–water partition coefficient (Wildman–Crippen LogP) is 3.18. The monoisotopic (exact) mass is 342 g/mol. The Hall–Kier alpha value is -0.490. The van der Waals surface area contributed by atoms with Gasteiger partial charge in [0.2, 0.25) is 0 Å². The summed E-state index contributed by atoms with van der Waals surface area (Å²) in [6.07, 6.45) is -3.53. The van der Waals surface area contributed by atoms with E-state index in [0.717, 1.165) is 50.3 Å². The van der Waals surface area contributed by atoms with Gasteiger partial charge < -0.3 is 5.32 Å². The van der Waals surface area contributed by atoms with Gasteiger partial charge in [-0.25, -0.2) is 0 Å². The molecule has 0 amide bonds. The van der Waals surface area contributed by atoms with Gasteiger partial charge in [0.25, 0.3) is 0 Å². The third kappa shape index (κ3) is 5.66. The van der Waals surface area contributed by atoms with Crippen LogP contribution in [0.4, 0.5) is 13.2 Å².